The molecule has 0 unspecified atom stereocenters. The summed E-state index contributed by atoms with van der Waals surface area (Å²) in [5.41, 5.74) is 8.28. The van der Waals surface area contributed by atoms with E-state index in [1.165, 1.54) is 4.90 Å². The van der Waals surface area contributed by atoms with Crippen molar-refractivity contribution in [3.8, 4) is 11.8 Å². The van der Waals surface area contributed by atoms with Gasteiger partial charge in [-0.3, -0.25) is 4.79 Å². The molecule has 1 saturated heterocycles. The number of morpholine rings is 1. The van der Waals surface area contributed by atoms with E-state index in [4.69, 9.17) is 15.2 Å². The van der Waals surface area contributed by atoms with Crippen LogP contribution in [0.15, 0.2) is 51.1 Å². The fraction of sp³-hybridized carbons (Fsp3) is 0.364. The Morgan fingerprint density at radius 3 is 2.80 bits per heavy atom. The molecule has 1 atom stereocenters. The molecule has 2 aliphatic heterocycles. The highest BCUT2D eigenvalue weighted by Crippen LogP contribution is 2.40. The third-order valence-corrected chi connectivity index (χ3v) is 6.25. The highest BCUT2D eigenvalue weighted by atomic mass is 79.9. The minimum atomic E-state index is -0.564. The highest BCUT2D eigenvalue weighted by molar-refractivity contribution is 9.10. The van der Waals surface area contributed by atoms with Crippen LogP contribution < -0.4 is 20.9 Å². The zero-order valence-electron chi connectivity index (χ0n) is 16.8. The summed E-state index contributed by atoms with van der Waals surface area (Å²) in [6.45, 7) is 6.73. The second kappa shape index (κ2) is 8.64. The van der Waals surface area contributed by atoms with Crippen LogP contribution >= 0.6 is 15.9 Å². The molecule has 0 aliphatic carbocycles. The Labute approximate surface area is 183 Å². The maximum absolute atomic E-state index is 13.6. The van der Waals surface area contributed by atoms with Crippen molar-refractivity contribution >= 4 is 15.9 Å². The Morgan fingerprint density at radius 1 is 1.33 bits per heavy atom. The van der Waals surface area contributed by atoms with Crippen molar-refractivity contribution in [3.05, 3.63) is 73.4 Å². The first-order valence-electron chi connectivity index (χ1n) is 9.98. The van der Waals surface area contributed by atoms with Gasteiger partial charge in [0.15, 0.2) is 0 Å². The molecule has 0 saturated carbocycles. The first-order chi connectivity index (χ1) is 14.5. The summed E-state index contributed by atoms with van der Waals surface area (Å²) in [5.74, 6) is -0.0930. The van der Waals surface area contributed by atoms with Crippen molar-refractivity contribution in [2.24, 2.45) is 5.73 Å². The van der Waals surface area contributed by atoms with Crippen LogP contribution in [0.1, 0.15) is 22.7 Å². The van der Waals surface area contributed by atoms with E-state index in [9.17, 15) is 10.1 Å². The van der Waals surface area contributed by atoms with Gasteiger partial charge in [0.1, 0.15) is 30.5 Å². The van der Waals surface area contributed by atoms with E-state index in [0.717, 1.165) is 48.6 Å². The summed E-state index contributed by atoms with van der Waals surface area (Å²) in [6.07, 6.45) is 0. The molecule has 1 aromatic heterocycles. The van der Waals surface area contributed by atoms with Gasteiger partial charge in [-0.2, -0.15) is 5.26 Å². The second-order valence-corrected chi connectivity index (χ2v) is 8.53. The number of pyridine rings is 1. The molecule has 0 spiro atoms. The van der Waals surface area contributed by atoms with Gasteiger partial charge in [0.25, 0.3) is 5.56 Å². The Hall–Kier alpha value is -2.60. The number of allylic oxidation sites excluding steroid dienone is 1. The van der Waals surface area contributed by atoms with Gasteiger partial charge in [-0.15, -0.1) is 0 Å². The number of ether oxygens (including phenoxy) is 2. The van der Waals surface area contributed by atoms with Gasteiger partial charge in [-0.05, 0) is 24.6 Å². The Bertz CT molecular complexity index is 1100. The standard InChI is InChI=1S/C22H23BrN4O3/c1-14-11-18-20(22(28)27(14)6-5-26-7-9-29-10-8-26)19(17(13-24)21(25)30-18)15-3-2-4-16(23)12-15/h2-4,11-12,19H,5-10,25H2,1H3/p+1/t19-/m0/s1. The summed E-state index contributed by atoms with van der Waals surface area (Å²) in [5, 5.41) is 9.77. The van der Waals surface area contributed by atoms with Crippen LogP contribution in [0.4, 0.5) is 0 Å². The number of nitrogens with one attached hydrogen (secondary N) is 1. The molecule has 3 N–H and O–H groups in total. The number of fused-ring (bicyclic) bond motifs is 1. The van der Waals surface area contributed by atoms with Crippen LogP contribution in [-0.4, -0.2) is 37.4 Å². The van der Waals surface area contributed by atoms with Crippen LogP contribution in [0.5, 0.6) is 5.75 Å². The Balaban J connectivity index is 1.78. The molecule has 2 aromatic rings. The third-order valence-electron chi connectivity index (χ3n) is 5.76. The summed E-state index contributed by atoms with van der Waals surface area (Å²) in [6, 6.07) is 11.6. The smallest absolute Gasteiger partial charge is 0.258 e. The van der Waals surface area contributed by atoms with Gasteiger partial charge in [0, 0.05) is 16.2 Å². The van der Waals surface area contributed by atoms with Crippen molar-refractivity contribution in [1.82, 2.24) is 4.57 Å². The van der Waals surface area contributed by atoms with Crippen LogP contribution in [0.2, 0.25) is 0 Å². The molecule has 7 nitrogen and oxygen atoms in total. The highest BCUT2D eigenvalue weighted by Gasteiger charge is 2.34. The molecule has 3 heterocycles. The number of nitriles is 1. The van der Waals surface area contributed by atoms with E-state index in [-0.39, 0.29) is 17.0 Å². The molecule has 0 radical (unpaired) electrons. The van der Waals surface area contributed by atoms with E-state index < -0.39 is 5.92 Å². The maximum Gasteiger partial charge on any atom is 0.258 e. The summed E-state index contributed by atoms with van der Waals surface area (Å²) in [7, 11) is 0. The lowest BCUT2D eigenvalue weighted by Gasteiger charge is -2.28. The fourth-order valence-corrected chi connectivity index (χ4v) is 4.58. The molecule has 156 valence electrons. The van der Waals surface area contributed by atoms with Crippen molar-refractivity contribution in [1.29, 1.82) is 5.26 Å². The zero-order valence-corrected chi connectivity index (χ0v) is 18.4. The van der Waals surface area contributed by atoms with Gasteiger partial charge in [-0.1, -0.05) is 28.1 Å². The lowest BCUT2D eigenvalue weighted by molar-refractivity contribution is -0.908. The van der Waals surface area contributed by atoms with Gasteiger partial charge in [0.05, 0.1) is 37.8 Å². The lowest BCUT2D eigenvalue weighted by atomic mass is 9.84. The van der Waals surface area contributed by atoms with Crippen LogP contribution in [0, 0.1) is 18.3 Å². The molecule has 1 aromatic carbocycles. The Morgan fingerprint density at radius 2 is 2.10 bits per heavy atom. The summed E-state index contributed by atoms with van der Waals surface area (Å²) in [4.78, 5) is 15.0. The topological polar surface area (TPSA) is 94.7 Å². The minimum absolute atomic E-state index is 0.0456. The predicted octanol–water partition coefficient (Wildman–Crippen LogP) is 1.05. The largest absolute Gasteiger partial charge is 0.440 e. The Kier molecular flexibility index (Phi) is 5.95. The molecule has 4 rings (SSSR count). The van der Waals surface area contributed by atoms with E-state index in [1.54, 1.807) is 4.57 Å². The molecular weight excluding hydrogens is 448 g/mol. The molecule has 0 amide bonds. The van der Waals surface area contributed by atoms with Gasteiger partial charge >= 0.3 is 0 Å². The van der Waals surface area contributed by atoms with Gasteiger partial charge in [-0.25, -0.2) is 0 Å². The summed E-state index contributed by atoms with van der Waals surface area (Å²) >= 11 is 3.48. The lowest BCUT2D eigenvalue weighted by Crippen LogP contribution is -3.14. The molecule has 1 fully saturated rings. The molecule has 30 heavy (non-hydrogen) atoms. The first-order valence-corrected chi connectivity index (χ1v) is 10.8. The second-order valence-electron chi connectivity index (χ2n) is 7.61. The zero-order chi connectivity index (χ0) is 21.3. The molecule has 8 heteroatoms. The third kappa shape index (κ3) is 3.88. The van der Waals surface area contributed by atoms with Crippen molar-refractivity contribution in [2.75, 3.05) is 32.8 Å². The van der Waals surface area contributed by atoms with Gasteiger partial charge < -0.3 is 24.7 Å². The van der Waals surface area contributed by atoms with Crippen LogP contribution in [0.3, 0.4) is 0 Å². The van der Waals surface area contributed by atoms with Crippen LogP contribution in [0.25, 0.3) is 0 Å². The first kappa shape index (κ1) is 20.7. The number of aromatic nitrogens is 1. The SMILES string of the molecule is Cc1cc2c(c(=O)n1CC[NH+]1CCOCC1)[C@@H](c1cccc(Br)c1)C(C#N)=C(N)O2. The van der Waals surface area contributed by atoms with E-state index in [0.29, 0.717) is 17.9 Å². The molecule has 2 aliphatic rings. The average Bonchev–Trinajstić information content (AvgIpc) is 2.73. The predicted molar refractivity (Wildman–Crippen MR) is 115 cm³/mol. The summed E-state index contributed by atoms with van der Waals surface area (Å²) < 4.78 is 13.8. The van der Waals surface area contributed by atoms with Gasteiger partial charge in [0.2, 0.25) is 5.88 Å². The number of aryl methyl sites for hydroxylation is 1. The maximum atomic E-state index is 13.6. The number of halogens is 1. The number of quaternary nitrogens is 1. The quantitative estimate of drug-likeness (QED) is 0.694. The molecular formula is C22H24BrN4O3+. The van der Waals surface area contributed by atoms with E-state index >= 15 is 0 Å². The van der Waals surface area contributed by atoms with Crippen molar-refractivity contribution in [2.45, 2.75) is 19.4 Å². The number of hydrogen-bond acceptors (Lipinski definition) is 5. The van der Waals surface area contributed by atoms with E-state index in [2.05, 4.69) is 22.0 Å². The minimum Gasteiger partial charge on any atom is -0.440 e. The van der Waals surface area contributed by atoms with Crippen molar-refractivity contribution in [3.63, 3.8) is 0 Å². The number of benzene rings is 1. The molecule has 0 bridgehead atoms. The number of nitrogens with zero attached hydrogens (tertiary/aromatic N) is 2. The monoisotopic (exact) mass is 471 g/mol. The normalized spacial score (nSPS) is 19.2. The number of hydrogen-bond donors (Lipinski definition) is 2. The number of rotatable bonds is 4. The van der Waals surface area contributed by atoms with Crippen molar-refractivity contribution < 1.29 is 14.4 Å². The van der Waals surface area contributed by atoms with E-state index in [1.807, 2.05) is 37.3 Å². The average molecular weight is 472 g/mol. The number of nitrogens with two attached hydrogens (primary N) is 1. The van der Waals surface area contributed by atoms with Crippen LogP contribution in [-0.2, 0) is 11.3 Å². The fourth-order valence-electron chi connectivity index (χ4n) is 4.16.